The number of nitrogens with zero attached hydrogens (tertiary/aromatic N) is 2. The fourth-order valence-corrected chi connectivity index (χ4v) is 4.43. The summed E-state index contributed by atoms with van der Waals surface area (Å²) < 4.78 is 45.0. The summed E-state index contributed by atoms with van der Waals surface area (Å²) in [5.41, 5.74) is 0.175. The average Bonchev–Trinajstić information content (AvgIpc) is 2.70. The van der Waals surface area contributed by atoms with Gasteiger partial charge in [0.05, 0.1) is 30.2 Å². The predicted molar refractivity (Wildman–Crippen MR) is 108 cm³/mol. The van der Waals surface area contributed by atoms with Crippen LogP contribution in [0.2, 0.25) is 0 Å². The van der Waals surface area contributed by atoms with Crippen LogP contribution in [0.3, 0.4) is 0 Å². The van der Waals surface area contributed by atoms with Gasteiger partial charge in [0.2, 0.25) is 5.91 Å². The van der Waals surface area contributed by atoms with Crippen LogP contribution >= 0.6 is 24.2 Å². The number of ether oxygens (including phenoxy) is 1. The molecule has 0 bridgehead atoms. The van der Waals surface area contributed by atoms with Crippen LogP contribution in [0.15, 0.2) is 52.3 Å². The van der Waals surface area contributed by atoms with Gasteiger partial charge in [0, 0.05) is 35.8 Å². The van der Waals surface area contributed by atoms with Crippen LogP contribution < -0.4 is 4.90 Å². The number of carbonyl (C=O) groups is 1. The Morgan fingerprint density at radius 3 is 2.45 bits per heavy atom. The second-order valence-electron chi connectivity index (χ2n) is 6.68. The fraction of sp³-hybridized carbons (Fsp3) is 0.350. The quantitative estimate of drug-likeness (QED) is 0.668. The molecule has 2 aromatic rings. The first-order valence-corrected chi connectivity index (χ1v) is 9.86. The minimum atomic E-state index is -4.46. The summed E-state index contributed by atoms with van der Waals surface area (Å²) in [6.45, 7) is 3.34. The zero-order chi connectivity index (χ0) is 19.7. The van der Waals surface area contributed by atoms with Crippen LogP contribution in [0.25, 0.3) is 0 Å². The normalized spacial score (nSPS) is 16.6. The second kappa shape index (κ2) is 8.95. The largest absolute Gasteiger partial charge is 0.416 e. The van der Waals surface area contributed by atoms with Crippen LogP contribution in [0.1, 0.15) is 12.0 Å². The molecule has 1 fully saturated rings. The maximum atomic E-state index is 13.2. The van der Waals surface area contributed by atoms with Crippen molar-refractivity contribution in [3.05, 3.63) is 48.0 Å². The third kappa shape index (κ3) is 4.71. The molecular formula is C20H20ClF3N2O2S. The monoisotopic (exact) mass is 444 g/mol. The molecule has 4 nitrogen and oxygen atoms in total. The number of fused-ring (bicyclic) bond motifs is 2. The van der Waals surface area contributed by atoms with Crippen molar-refractivity contribution in [3.63, 3.8) is 0 Å². The molecule has 1 amide bonds. The van der Waals surface area contributed by atoms with Gasteiger partial charge in [0.15, 0.2) is 0 Å². The lowest BCUT2D eigenvalue weighted by molar-refractivity contribution is -0.137. The number of morpholine rings is 1. The number of amides is 1. The van der Waals surface area contributed by atoms with E-state index in [4.69, 9.17) is 4.74 Å². The Balaban J connectivity index is 0.00000240. The highest BCUT2D eigenvalue weighted by molar-refractivity contribution is 7.99. The van der Waals surface area contributed by atoms with Gasteiger partial charge < -0.3 is 4.74 Å². The summed E-state index contributed by atoms with van der Waals surface area (Å²) in [4.78, 5) is 18.2. The molecule has 0 spiro atoms. The van der Waals surface area contributed by atoms with E-state index in [1.807, 2.05) is 12.1 Å². The van der Waals surface area contributed by atoms with E-state index in [1.165, 1.54) is 22.7 Å². The van der Waals surface area contributed by atoms with Crippen LogP contribution in [0.5, 0.6) is 0 Å². The summed E-state index contributed by atoms with van der Waals surface area (Å²) in [7, 11) is 0. The van der Waals surface area contributed by atoms with Gasteiger partial charge in [-0.3, -0.25) is 14.6 Å². The summed E-state index contributed by atoms with van der Waals surface area (Å²) in [5, 5.41) is 0. The average molecular weight is 445 g/mol. The standard InChI is InChI=1S/C20H19F3N2O2S.ClH/c21-20(22,23)14-5-6-18-16(13-14)25(15-3-1-2-4-17(15)28-18)19(26)7-8-24-9-11-27-12-10-24;/h1-6,13H,7-12H2;1H. The lowest BCUT2D eigenvalue weighted by atomic mass is 10.1. The Hall–Kier alpha value is -1.74. The number of alkyl halides is 3. The third-order valence-corrected chi connectivity index (χ3v) is 5.98. The van der Waals surface area contributed by atoms with E-state index in [0.717, 1.165) is 30.1 Å². The number of halogens is 4. The smallest absolute Gasteiger partial charge is 0.379 e. The number of benzene rings is 2. The van der Waals surface area contributed by atoms with E-state index in [-0.39, 0.29) is 24.7 Å². The topological polar surface area (TPSA) is 32.8 Å². The molecule has 29 heavy (non-hydrogen) atoms. The SMILES string of the molecule is Cl.O=C(CCN1CCOCC1)N1c2ccccc2Sc2ccc(C(F)(F)F)cc21. The van der Waals surface area contributed by atoms with E-state index >= 15 is 0 Å². The highest BCUT2D eigenvalue weighted by Crippen LogP contribution is 2.49. The van der Waals surface area contributed by atoms with Gasteiger partial charge in [0.1, 0.15) is 0 Å². The number of para-hydroxylation sites is 1. The lowest BCUT2D eigenvalue weighted by Crippen LogP contribution is -2.39. The molecule has 0 unspecified atom stereocenters. The number of anilines is 2. The Morgan fingerprint density at radius 1 is 1.03 bits per heavy atom. The summed E-state index contributed by atoms with van der Waals surface area (Å²) >= 11 is 1.38. The Labute approximate surface area is 177 Å². The van der Waals surface area contributed by atoms with Crippen LogP contribution in [0.4, 0.5) is 24.5 Å². The Bertz CT molecular complexity index is 888. The molecule has 2 aliphatic heterocycles. The number of hydrogen-bond acceptors (Lipinski definition) is 4. The van der Waals surface area contributed by atoms with Gasteiger partial charge in [-0.1, -0.05) is 23.9 Å². The molecule has 156 valence electrons. The van der Waals surface area contributed by atoms with Crippen molar-refractivity contribution in [3.8, 4) is 0 Å². The molecule has 1 saturated heterocycles. The molecule has 0 radical (unpaired) electrons. The molecule has 9 heteroatoms. The summed E-state index contributed by atoms with van der Waals surface area (Å²) in [6, 6.07) is 10.9. The van der Waals surface area contributed by atoms with Crippen molar-refractivity contribution in [2.45, 2.75) is 22.4 Å². The molecule has 2 aliphatic rings. The number of carbonyl (C=O) groups excluding carboxylic acids is 1. The highest BCUT2D eigenvalue weighted by atomic mass is 35.5. The van der Waals surface area contributed by atoms with E-state index in [9.17, 15) is 18.0 Å². The van der Waals surface area contributed by atoms with Crippen molar-refractivity contribution in [2.24, 2.45) is 0 Å². The lowest BCUT2D eigenvalue weighted by Gasteiger charge is -2.33. The van der Waals surface area contributed by atoms with Crippen LogP contribution in [-0.4, -0.2) is 43.7 Å². The zero-order valence-electron chi connectivity index (χ0n) is 15.4. The van der Waals surface area contributed by atoms with Gasteiger partial charge in [-0.05, 0) is 30.3 Å². The third-order valence-electron chi connectivity index (χ3n) is 4.85. The predicted octanol–water partition coefficient (Wildman–Crippen LogP) is 4.98. The second-order valence-corrected chi connectivity index (χ2v) is 7.77. The molecule has 0 aromatic heterocycles. The van der Waals surface area contributed by atoms with Gasteiger partial charge in [-0.2, -0.15) is 13.2 Å². The summed E-state index contributed by atoms with van der Waals surface area (Å²) in [5.74, 6) is -0.209. The minimum absolute atomic E-state index is 0. The summed E-state index contributed by atoms with van der Waals surface area (Å²) in [6.07, 6.45) is -4.23. The molecule has 2 heterocycles. The first kappa shape index (κ1) is 22.0. The van der Waals surface area contributed by atoms with Crippen LogP contribution in [-0.2, 0) is 15.7 Å². The van der Waals surface area contributed by atoms with Crippen molar-refractivity contribution in [1.82, 2.24) is 4.90 Å². The molecule has 0 aliphatic carbocycles. The van der Waals surface area contributed by atoms with Gasteiger partial charge >= 0.3 is 6.18 Å². The van der Waals surface area contributed by atoms with E-state index < -0.39 is 11.7 Å². The molecule has 2 aromatic carbocycles. The van der Waals surface area contributed by atoms with Gasteiger partial charge in [0.25, 0.3) is 0 Å². The fourth-order valence-electron chi connectivity index (χ4n) is 3.39. The van der Waals surface area contributed by atoms with Crippen LogP contribution in [0, 0.1) is 0 Å². The Kier molecular flexibility index (Phi) is 6.78. The maximum absolute atomic E-state index is 13.2. The van der Waals surface area contributed by atoms with Gasteiger partial charge in [-0.25, -0.2) is 0 Å². The highest BCUT2D eigenvalue weighted by Gasteiger charge is 2.34. The first-order chi connectivity index (χ1) is 13.4. The number of hydrogen-bond donors (Lipinski definition) is 0. The first-order valence-electron chi connectivity index (χ1n) is 9.05. The molecule has 0 atom stereocenters. The van der Waals surface area contributed by atoms with E-state index in [1.54, 1.807) is 12.1 Å². The van der Waals surface area contributed by atoms with Crippen molar-refractivity contribution >= 4 is 41.5 Å². The molecule has 4 rings (SSSR count). The van der Waals surface area contributed by atoms with Crippen molar-refractivity contribution in [2.75, 3.05) is 37.7 Å². The maximum Gasteiger partial charge on any atom is 0.416 e. The molecular weight excluding hydrogens is 425 g/mol. The van der Waals surface area contributed by atoms with Crippen molar-refractivity contribution in [1.29, 1.82) is 0 Å². The zero-order valence-corrected chi connectivity index (χ0v) is 17.1. The van der Waals surface area contributed by atoms with E-state index in [0.29, 0.717) is 36.0 Å². The molecule has 0 N–H and O–H groups in total. The molecule has 0 saturated carbocycles. The Morgan fingerprint density at radius 2 is 1.72 bits per heavy atom. The minimum Gasteiger partial charge on any atom is -0.379 e. The van der Waals surface area contributed by atoms with Crippen molar-refractivity contribution < 1.29 is 22.7 Å². The van der Waals surface area contributed by atoms with E-state index in [2.05, 4.69) is 4.90 Å². The number of rotatable bonds is 3. The van der Waals surface area contributed by atoms with Gasteiger partial charge in [-0.15, -0.1) is 12.4 Å².